The van der Waals surface area contributed by atoms with E-state index in [0.717, 1.165) is 12.8 Å². The third kappa shape index (κ3) is 40.9. The molecule has 0 fully saturated rings. The Bertz CT molecular complexity index is 321. The van der Waals surface area contributed by atoms with Gasteiger partial charge in [-0.2, -0.15) is 0 Å². The van der Waals surface area contributed by atoms with Crippen LogP contribution in [0.25, 0.3) is 0 Å². The Morgan fingerprint density at radius 2 is 0.528 bits per heavy atom. The fraction of sp³-hybridized carbons (Fsp3) is 0.889. The van der Waals surface area contributed by atoms with Crippen molar-refractivity contribution in [1.29, 1.82) is 0 Å². The van der Waals surface area contributed by atoms with Crippen molar-refractivity contribution >= 4 is 0 Å². The highest BCUT2D eigenvalue weighted by molar-refractivity contribution is 4.81. The minimum Gasteiger partial charge on any atom is -0.0885 e. The van der Waals surface area contributed by atoms with Gasteiger partial charge in [-0.05, 0) is 25.7 Å². The molecule has 0 aliphatic carbocycles. The molecular formula is C36H72. The van der Waals surface area contributed by atoms with Gasteiger partial charge in [-0.1, -0.05) is 207 Å². The molecule has 2 radical (unpaired) electrons. The van der Waals surface area contributed by atoms with E-state index in [1.165, 1.54) is 180 Å². The van der Waals surface area contributed by atoms with Gasteiger partial charge >= 0.3 is 0 Å². The first-order valence-electron chi connectivity index (χ1n) is 17.1. The lowest BCUT2D eigenvalue weighted by Crippen LogP contribution is -1.83. The average molecular weight is 505 g/mol. The number of unbranched alkanes of at least 4 members (excludes halogenated alkanes) is 27. The molecule has 36 heavy (non-hydrogen) atoms. The highest BCUT2D eigenvalue weighted by Gasteiger charge is 1.94. The SMILES string of the molecule is [CH2]CCCCCCC/C=C\CCCCCCCC.[CH2]CCCCCCCCCCCCCCCCC. The van der Waals surface area contributed by atoms with Gasteiger partial charge in [-0.3, -0.25) is 0 Å². The molecule has 0 saturated heterocycles. The molecule has 0 heterocycles. The van der Waals surface area contributed by atoms with Crippen LogP contribution in [0.15, 0.2) is 12.2 Å². The van der Waals surface area contributed by atoms with Gasteiger partial charge in [0.25, 0.3) is 0 Å². The molecule has 0 rings (SSSR count). The molecule has 0 atom stereocenters. The minimum absolute atomic E-state index is 1.11. The van der Waals surface area contributed by atoms with Gasteiger partial charge in [0.05, 0.1) is 0 Å². The zero-order valence-electron chi connectivity index (χ0n) is 25.8. The van der Waals surface area contributed by atoms with Crippen LogP contribution in [0, 0.1) is 13.8 Å². The Kier molecular flexibility index (Phi) is 41.3. The summed E-state index contributed by atoms with van der Waals surface area (Å²) >= 11 is 0. The van der Waals surface area contributed by atoms with E-state index in [1.54, 1.807) is 0 Å². The van der Waals surface area contributed by atoms with Crippen LogP contribution in [-0.2, 0) is 0 Å². The first kappa shape index (κ1) is 37.9. The highest BCUT2D eigenvalue weighted by Crippen LogP contribution is 2.13. The van der Waals surface area contributed by atoms with Crippen LogP contribution in [0.4, 0.5) is 0 Å². The maximum atomic E-state index is 3.88. The van der Waals surface area contributed by atoms with Crippen molar-refractivity contribution < 1.29 is 0 Å². The van der Waals surface area contributed by atoms with Crippen LogP contribution in [0.2, 0.25) is 0 Å². The number of rotatable bonds is 29. The van der Waals surface area contributed by atoms with Gasteiger partial charge in [0.1, 0.15) is 0 Å². The molecule has 0 aromatic rings. The molecule has 0 bridgehead atoms. The van der Waals surface area contributed by atoms with Crippen molar-refractivity contribution in [1.82, 2.24) is 0 Å². The van der Waals surface area contributed by atoms with E-state index in [1.807, 2.05) is 0 Å². The highest BCUT2D eigenvalue weighted by atomic mass is 14.0. The Balaban J connectivity index is 0. The number of allylic oxidation sites excluding steroid dienone is 2. The minimum atomic E-state index is 1.11. The largest absolute Gasteiger partial charge is 0.0885 e. The Morgan fingerprint density at radius 1 is 0.306 bits per heavy atom. The summed E-state index contributed by atoms with van der Waals surface area (Å²) in [6, 6.07) is 0. The van der Waals surface area contributed by atoms with Crippen LogP contribution < -0.4 is 0 Å². The van der Waals surface area contributed by atoms with Gasteiger partial charge in [0.15, 0.2) is 0 Å². The van der Waals surface area contributed by atoms with E-state index >= 15 is 0 Å². The van der Waals surface area contributed by atoms with Gasteiger partial charge in [0, 0.05) is 0 Å². The van der Waals surface area contributed by atoms with Crippen LogP contribution in [0.3, 0.4) is 0 Å². The Morgan fingerprint density at radius 3 is 0.778 bits per heavy atom. The zero-order chi connectivity index (χ0) is 26.6. The molecule has 0 heteroatoms. The van der Waals surface area contributed by atoms with Gasteiger partial charge in [-0.15, -0.1) is 0 Å². The second-order valence-electron chi connectivity index (χ2n) is 11.2. The van der Waals surface area contributed by atoms with Crippen LogP contribution in [0.5, 0.6) is 0 Å². The third-order valence-electron chi connectivity index (χ3n) is 7.37. The molecule has 0 aromatic carbocycles. The molecule has 0 spiro atoms. The summed E-state index contributed by atoms with van der Waals surface area (Å²) in [5.74, 6) is 0. The Labute approximate surface area is 232 Å². The predicted octanol–water partition coefficient (Wildman–Crippen LogP) is 13.9. The third-order valence-corrected chi connectivity index (χ3v) is 7.37. The molecule has 0 aliphatic rings. The normalized spacial score (nSPS) is 11.2. The van der Waals surface area contributed by atoms with E-state index in [2.05, 4.69) is 39.8 Å². The summed E-state index contributed by atoms with van der Waals surface area (Å²) in [5, 5.41) is 0. The van der Waals surface area contributed by atoms with Crippen molar-refractivity contribution in [2.75, 3.05) is 0 Å². The summed E-state index contributed by atoms with van der Waals surface area (Å²) < 4.78 is 0. The predicted molar refractivity (Wildman–Crippen MR) is 170 cm³/mol. The monoisotopic (exact) mass is 505 g/mol. The molecule has 0 saturated carbocycles. The van der Waals surface area contributed by atoms with E-state index in [4.69, 9.17) is 0 Å². The standard InChI is InChI=1S/C18H37.C18H35/c2*1-3-5-7-9-11-13-15-17-18-16-14-12-10-8-6-4-2/h1,3-18H2,2H3;17-18H,1,3-16H2,2H3/b;18-17-. The molecule has 0 aromatic heterocycles. The summed E-state index contributed by atoms with van der Waals surface area (Å²) in [5.41, 5.74) is 0. The summed E-state index contributed by atoms with van der Waals surface area (Å²) in [6.07, 6.45) is 46.7. The van der Waals surface area contributed by atoms with Crippen LogP contribution >= 0.6 is 0 Å². The summed E-state index contributed by atoms with van der Waals surface area (Å²) in [4.78, 5) is 0. The number of hydrogen-bond donors (Lipinski definition) is 0. The molecule has 0 N–H and O–H groups in total. The van der Waals surface area contributed by atoms with Gasteiger partial charge in [0.2, 0.25) is 0 Å². The van der Waals surface area contributed by atoms with Crippen molar-refractivity contribution in [2.24, 2.45) is 0 Å². The van der Waals surface area contributed by atoms with E-state index < -0.39 is 0 Å². The fourth-order valence-corrected chi connectivity index (χ4v) is 4.80. The first-order valence-corrected chi connectivity index (χ1v) is 17.1. The molecule has 0 unspecified atom stereocenters. The lowest BCUT2D eigenvalue weighted by Gasteiger charge is -2.03. The fourth-order valence-electron chi connectivity index (χ4n) is 4.80. The quantitative estimate of drug-likeness (QED) is 0.0701. The van der Waals surface area contributed by atoms with Crippen molar-refractivity contribution in [3.8, 4) is 0 Å². The molecule has 0 nitrogen and oxygen atoms in total. The van der Waals surface area contributed by atoms with E-state index in [0.29, 0.717) is 0 Å². The second kappa shape index (κ2) is 39.3. The molecule has 0 amide bonds. The van der Waals surface area contributed by atoms with Crippen molar-refractivity contribution in [2.45, 2.75) is 206 Å². The molecule has 216 valence electrons. The van der Waals surface area contributed by atoms with Crippen molar-refractivity contribution in [3.05, 3.63) is 26.0 Å². The lowest BCUT2D eigenvalue weighted by molar-refractivity contribution is 0.533. The van der Waals surface area contributed by atoms with Crippen LogP contribution in [-0.4, -0.2) is 0 Å². The van der Waals surface area contributed by atoms with Gasteiger partial charge < -0.3 is 0 Å². The maximum Gasteiger partial charge on any atom is -0.0351 e. The number of hydrogen-bond acceptors (Lipinski definition) is 0. The Hall–Kier alpha value is -0.260. The van der Waals surface area contributed by atoms with E-state index in [9.17, 15) is 0 Å². The summed E-state index contributed by atoms with van der Waals surface area (Å²) in [6.45, 7) is 12.3. The topological polar surface area (TPSA) is 0 Å². The molecular weight excluding hydrogens is 432 g/mol. The second-order valence-corrected chi connectivity index (χ2v) is 11.2. The maximum absolute atomic E-state index is 3.88. The van der Waals surface area contributed by atoms with E-state index in [-0.39, 0.29) is 0 Å². The summed E-state index contributed by atoms with van der Waals surface area (Å²) in [7, 11) is 0. The molecule has 0 aliphatic heterocycles. The smallest absolute Gasteiger partial charge is 0.0351 e. The average Bonchev–Trinajstić information content (AvgIpc) is 2.89. The first-order chi connectivity index (χ1) is 17.8. The lowest BCUT2D eigenvalue weighted by atomic mass is 10.0. The zero-order valence-corrected chi connectivity index (χ0v) is 25.8. The van der Waals surface area contributed by atoms with Crippen LogP contribution in [0.1, 0.15) is 206 Å². The van der Waals surface area contributed by atoms with Gasteiger partial charge in [-0.25, -0.2) is 0 Å². The van der Waals surface area contributed by atoms with Crippen molar-refractivity contribution in [3.63, 3.8) is 0 Å².